The number of hydrogen-bond donors (Lipinski definition) is 0. The van der Waals surface area contributed by atoms with E-state index >= 15 is 0 Å². The first-order valence-corrected chi connectivity index (χ1v) is 11.7. The van der Waals surface area contributed by atoms with Crippen molar-refractivity contribution < 1.29 is 14.1 Å². The second-order valence-corrected chi connectivity index (χ2v) is 9.20. The monoisotopic (exact) mass is 437 g/mol. The number of likely N-dealkylation sites (tertiary alicyclic amines) is 1. The summed E-state index contributed by atoms with van der Waals surface area (Å²) < 4.78 is 14.0. The molecule has 1 saturated heterocycles. The van der Waals surface area contributed by atoms with E-state index in [0.717, 1.165) is 23.9 Å². The van der Waals surface area contributed by atoms with Crippen LogP contribution in [0.25, 0.3) is 11.0 Å². The molecular formula is C24H31N5O3. The first-order valence-electron chi connectivity index (χ1n) is 11.7. The van der Waals surface area contributed by atoms with Crippen LogP contribution in [0, 0.1) is 27.7 Å². The fourth-order valence-corrected chi connectivity index (χ4v) is 5.37. The number of aryl methyl sites for hydroxylation is 3. The van der Waals surface area contributed by atoms with Gasteiger partial charge in [-0.15, -0.1) is 0 Å². The molecule has 0 aromatic carbocycles. The Hall–Kier alpha value is -2.90. The number of carbonyl (C=O) groups excluding carboxylic acids is 1. The van der Waals surface area contributed by atoms with Crippen LogP contribution in [0.3, 0.4) is 0 Å². The van der Waals surface area contributed by atoms with Crippen LogP contribution in [0.4, 0.5) is 0 Å². The van der Waals surface area contributed by atoms with Gasteiger partial charge in [-0.05, 0) is 46.1 Å². The molecule has 32 heavy (non-hydrogen) atoms. The van der Waals surface area contributed by atoms with Gasteiger partial charge in [0.15, 0.2) is 0 Å². The molecule has 5 rings (SSSR count). The van der Waals surface area contributed by atoms with E-state index in [2.05, 4.69) is 33.5 Å². The highest BCUT2D eigenvalue weighted by Crippen LogP contribution is 2.38. The molecule has 2 aliphatic rings. The van der Waals surface area contributed by atoms with Gasteiger partial charge < -0.3 is 18.7 Å². The van der Waals surface area contributed by atoms with E-state index in [-0.39, 0.29) is 12.0 Å². The lowest BCUT2D eigenvalue weighted by molar-refractivity contribution is 0.0588. The fraction of sp³-hybridized carbons (Fsp3) is 0.583. The number of ether oxygens (including phenoxy) is 1. The summed E-state index contributed by atoms with van der Waals surface area (Å²) in [6.07, 6.45) is 8.16. The number of carbonyl (C=O) groups is 1. The van der Waals surface area contributed by atoms with E-state index < -0.39 is 0 Å². The van der Waals surface area contributed by atoms with E-state index in [0.29, 0.717) is 42.0 Å². The highest BCUT2D eigenvalue weighted by atomic mass is 16.5. The molecule has 0 atom stereocenters. The summed E-state index contributed by atoms with van der Waals surface area (Å²) in [6.45, 7) is 9.20. The Labute approximate surface area is 187 Å². The minimum absolute atomic E-state index is 0.00997. The molecule has 0 radical (unpaired) electrons. The molecule has 3 aromatic rings. The van der Waals surface area contributed by atoms with Crippen molar-refractivity contribution in [2.45, 2.75) is 78.4 Å². The molecule has 0 spiro atoms. The Morgan fingerprint density at radius 2 is 1.78 bits per heavy atom. The van der Waals surface area contributed by atoms with Gasteiger partial charge in [0.2, 0.25) is 5.88 Å². The zero-order valence-corrected chi connectivity index (χ0v) is 19.3. The van der Waals surface area contributed by atoms with Crippen LogP contribution in [-0.2, 0) is 0 Å². The van der Waals surface area contributed by atoms with Gasteiger partial charge in [-0.2, -0.15) is 0 Å². The third-order valence-electron chi connectivity index (χ3n) is 7.24. The lowest BCUT2D eigenvalue weighted by Crippen LogP contribution is -2.42. The Morgan fingerprint density at radius 3 is 2.44 bits per heavy atom. The van der Waals surface area contributed by atoms with Gasteiger partial charge in [-0.3, -0.25) is 4.79 Å². The molecule has 0 N–H and O–H groups in total. The van der Waals surface area contributed by atoms with Crippen molar-refractivity contribution in [2.24, 2.45) is 0 Å². The van der Waals surface area contributed by atoms with E-state index in [1.165, 1.54) is 36.9 Å². The van der Waals surface area contributed by atoms with Crippen molar-refractivity contribution in [3.8, 4) is 5.88 Å². The summed E-state index contributed by atoms with van der Waals surface area (Å²) >= 11 is 0. The van der Waals surface area contributed by atoms with E-state index in [1.54, 1.807) is 13.3 Å². The van der Waals surface area contributed by atoms with Gasteiger partial charge in [0, 0.05) is 37.7 Å². The van der Waals surface area contributed by atoms with Crippen LogP contribution < -0.4 is 4.74 Å². The normalized spacial score (nSPS) is 18.1. The van der Waals surface area contributed by atoms with Crippen LogP contribution in [0.15, 0.2) is 10.9 Å². The molecule has 3 aromatic heterocycles. The van der Waals surface area contributed by atoms with Gasteiger partial charge in [-0.25, -0.2) is 9.97 Å². The van der Waals surface area contributed by atoms with Crippen LogP contribution in [0.5, 0.6) is 5.88 Å². The maximum absolute atomic E-state index is 12.9. The maximum Gasteiger partial charge on any atom is 0.259 e. The second-order valence-electron chi connectivity index (χ2n) is 9.20. The van der Waals surface area contributed by atoms with Crippen molar-refractivity contribution in [1.29, 1.82) is 0 Å². The number of rotatable bonds is 4. The lowest BCUT2D eigenvalue weighted by atomic mass is 10.1. The van der Waals surface area contributed by atoms with Gasteiger partial charge in [0.25, 0.3) is 5.91 Å². The second kappa shape index (κ2) is 8.22. The summed E-state index contributed by atoms with van der Waals surface area (Å²) in [4.78, 5) is 23.9. The largest absolute Gasteiger partial charge is 0.474 e. The summed E-state index contributed by atoms with van der Waals surface area (Å²) in [6, 6.07) is 0.521. The molecule has 0 bridgehead atoms. The van der Waals surface area contributed by atoms with Crippen molar-refractivity contribution in [1.82, 2.24) is 24.6 Å². The SMILES string of the molecule is Cc1noc(C)c1C(=O)N1CCC(Oc2ncnc3c2c(C)c(C)n3C2CCCC2)CC1. The molecule has 8 heteroatoms. The van der Waals surface area contributed by atoms with Crippen molar-refractivity contribution in [3.05, 3.63) is 34.6 Å². The van der Waals surface area contributed by atoms with Crippen molar-refractivity contribution in [3.63, 3.8) is 0 Å². The topological polar surface area (TPSA) is 86.3 Å². The van der Waals surface area contributed by atoms with E-state index in [4.69, 9.17) is 9.26 Å². The summed E-state index contributed by atoms with van der Waals surface area (Å²) in [5.41, 5.74) is 4.68. The Morgan fingerprint density at radius 1 is 1.06 bits per heavy atom. The molecule has 1 aliphatic carbocycles. The maximum atomic E-state index is 12.9. The van der Waals surface area contributed by atoms with Crippen LogP contribution in [-0.4, -0.2) is 49.7 Å². The smallest absolute Gasteiger partial charge is 0.259 e. The average Bonchev–Trinajstić information content (AvgIpc) is 3.49. The Kier molecular flexibility index (Phi) is 5.39. The quantitative estimate of drug-likeness (QED) is 0.599. The number of nitrogens with zero attached hydrogens (tertiary/aromatic N) is 5. The molecule has 2 fully saturated rings. The number of fused-ring (bicyclic) bond motifs is 1. The fourth-order valence-electron chi connectivity index (χ4n) is 5.37. The summed E-state index contributed by atoms with van der Waals surface area (Å²) in [5.74, 6) is 1.24. The van der Waals surface area contributed by atoms with Gasteiger partial charge >= 0.3 is 0 Å². The van der Waals surface area contributed by atoms with Gasteiger partial charge in [0.05, 0.1) is 11.1 Å². The first kappa shape index (κ1) is 21.0. The highest BCUT2D eigenvalue weighted by molar-refractivity contribution is 5.96. The highest BCUT2D eigenvalue weighted by Gasteiger charge is 2.30. The minimum atomic E-state index is -0.00997. The average molecular weight is 438 g/mol. The predicted octanol–water partition coefficient (Wildman–Crippen LogP) is 4.45. The zero-order valence-electron chi connectivity index (χ0n) is 19.3. The Bertz CT molecular complexity index is 1130. The Balaban J connectivity index is 1.33. The standard InChI is InChI=1S/C24H31N5O3/c1-14-16(3)29(18-7-5-6-8-18)22-20(14)23(26-13-25-22)31-19-9-11-28(12-10-19)24(30)21-15(2)27-32-17(21)4/h13,18-19H,5-12H2,1-4H3. The number of aromatic nitrogens is 4. The third-order valence-corrected chi connectivity index (χ3v) is 7.24. The molecule has 170 valence electrons. The number of hydrogen-bond acceptors (Lipinski definition) is 6. The summed E-state index contributed by atoms with van der Waals surface area (Å²) in [7, 11) is 0. The van der Waals surface area contributed by atoms with Crippen LogP contribution in [0.1, 0.15) is 77.6 Å². The predicted molar refractivity (Wildman–Crippen MR) is 120 cm³/mol. The molecule has 0 unspecified atom stereocenters. The molecule has 4 heterocycles. The number of piperidine rings is 1. The van der Waals surface area contributed by atoms with Gasteiger partial charge in [0.1, 0.15) is 29.4 Å². The van der Waals surface area contributed by atoms with Crippen LogP contribution in [0.2, 0.25) is 0 Å². The summed E-state index contributed by atoms with van der Waals surface area (Å²) in [5, 5.41) is 4.95. The van der Waals surface area contributed by atoms with Gasteiger partial charge in [-0.1, -0.05) is 18.0 Å². The van der Waals surface area contributed by atoms with Crippen LogP contribution >= 0.6 is 0 Å². The minimum Gasteiger partial charge on any atom is -0.474 e. The van der Waals surface area contributed by atoms with Crippen molar-refractivity contribution >= 4 is 16.9 Å². The third kappa shape index (κ3) is 3.45. The molecule has 1 aliphatic heterocycles. The lowest BCUT2D eigenvalue weighted by Gasteiger charge is -2.32. The molecule has 8 nitrogen and oxygen atoms in total. The number of amides is 1. The van der Waals surface area contributed by atoms with Crippen molar-refractivity contribution in [2.75, 3.05) is 13.1 Å². The van der Waals surface area contributed by atoms with E-state index in [1.807, 2.05) is 11.8 Å². The molecule has 1 amide bonds. The first-order chi connectivity index (χ1) is 15.5. The zero-order chi connectivity index (χ0) is 22.4. The van der Waals surface area contributed by atoms with E-state index in [9.17, 15) is 4.79 Å². The molecular weight excluding hydrogens is 406 g/mol. The molecule has 1 saturated carbocycles.